The van der Waals surface area contributed by atoms with Crippen LogP contribution < -0.4 is 14.4 Å². The molecular weight excluding hydrogens is 402 g/mol. The van der Waals surface area contributed by atoms with E-state index in [2.05, 4.69) is 23.7 Å². The number of ether oxygens (including phenoxy) is 2. The van der Waals surface area contributed by atoms with Crippen molar-refractivity contribution in [3.05, 3.63) is 52.8 Å². The van der Waals surface area contributed by atoms with Gasteiger partial charge in [0, 0.05) is 24.3 Å². The fraction of sp³-hybridized carbons (Fsp3) is 0.318. The number of rotatable bonds is 7. The lowest BCUT2D eigenvalue weighted by atomic mass is 10.2. The number of esters is 1. The van der Waals surface area contributed by atoms with Crippen molar-refractivity contribution in [1.82, 2.24) is 4.57 Å². The number of carbonyl (C=O) groups excluding carboxylic acids is 2. The molecule has 0 aliphatic carbocycles. The number of anilines is 1. The van der Waals surface area contributed by atoms with Gasteiger partial charge < -0.3 is 18.9 Å². The molecular formula is C22H25N3O4S. The number of nitrogens with zero attached hydrogens (tertiary/aromatic N) is 3. The number of hydrogen-bond donors (Lipinski definition) is 0. The molecule has 30 heavy (non-hydrogen) atoms. The van der Waals surface area contributed by atoms with E-state index < -0.39 is 5.97 Å². The summed E-state index contributed by atoms with van der Waals surface area (Å²) in [6.45, 7) is 5.94. The van der Waals surface area contributed by atoms with Crippen LogP contribution in [0.15, 0.2) is 47.5 Å². The van der Waals surface area contributed by atoms with Crippen molar-refractivity contribution in [2.45, 2.75) is 20.4 Å². The van der Waals surface area contributed by atoms with E-state index in [-0.39, 0.29) is 12.5 Å². The van der Waals surface area contributed by atoms with Gasteiger partial charge in [0.15, 0.2) is 4.80 Å². The van der Waals surface area contributed by atoms with Crippen LogP contribution >= 0.6 is 11.3 Å². The molecule has 7 nitrogen and oxygen atoms in total. The van der Waals surface area contributed by atoms with Crippen LogP contribution in [0.3, 0.4) is 0 Å². The first-order valence-electron chi connectivity index (χ1n) is 9.69. The number of benzene rings is 2. The van der Waals surface area contributed by atoms with Crippen LogP contribution in [-0.2, 0) is 16.1 Å². The van der Waals surface area contributed by atoms with Gasteiger partial charge in [-0.1, -0.05) is 11.3 Å². The second-order valence-electron chi connectivity index (χ2n) is 6.52. The second-order valence-corrected chi connectivity index (χ2v) is 7.53. The highest BCUT2D eigenvalue weighted by Gasteiger charge is 2.13. The van der Waals surface area contributed by atoms with Gasteiger partial charge in [-0.2, -0.15) is 4.99 Å². The Morgan fingerprint density at radius 1 is 1.07 bits per heavy atom. The number of hydrogen-bond acceptors (Lipinski definition) is 6. The van der Waals surface area contributed by atoms with Gasteiger partial charge in [-0.05, 0) is 56.3 Å². The molecule has 1 heterocycles. The van der Waals surface area contributed by atoms with Crippen molar-refractivity contribution in [3.8, 4) is 5.75 Å². The van der Waals surface area contributed by atoms with Crippen molar-refractivity contribution in [2.24, 2.45) is 4.99 Å². The van der Waals surface area contributed by atoms with Crippen LogP contribution in [0.1, 0.15) is 24.2 Å². The molecule has 1 amide bonds. The van der Waals surface area contributed by atoms with E-state index in [0.717, 1.165) is 29.0 Å². The predicted molar refractivity (Wildman–Crippen MR) is 118 cm³/mol. The monoisotopic (exact) mass is 427 g/mol. The molecule has 0 atom stereocenters. The zero-order chi connectivity index (χ0) is 21.7. The topological polar surface area (TPSA) is 73.1 Å². The van der Waals surface area contributed by atoms with Crippen LogP contribution in [0.5, 0.6) is 5.75 Å². The Morgan fingerprint density at radius 3 is 2.37 bits per heavy atom. The summed E-state index contributed by atoms with van der Waals surface area (Å²) in [5, 5.41) is 0. The minimum atomic E-state index is -0.414. The predicted octanol–water partition coefficient (Wildman–Crippen LogP) is 3.47. The maximum absolute atomic E-state index is 12.8. The summed E-state index contributed by atoms with van der Waals surface area (Å²) in [4.78, 5) is 31.7. The molecule has 3 aromatic rings. The third-order valence-corrected chi connectivity index (χ3v) is 5.89. The highest BCUT2D eigenvalue weighted by atomic mass is 32.1. The summed E-state index contributed by atoms with van der Waals surface area (Å²) in [7, 11) is 2.92. The first kappa shape index (κ1) is 21.6. The molecule has 0 spiro atoms. The van der Waals surface area contributed by atoms with Crippen molar-refractivity contribution >= 4 is 39.1 Å². The van der Waals surface area contributed by atoms with E-state index in [1.807, 2.05) is 24.3 Å². The van der Waals surface area contributed by atoms with Gasteiger partial charge in [0.1, 0.15) is 12.3 Å². The van der Waals surface area contributed by atoms with E-state index in [4.69, 9.17) is 9.47 Å². The Bertz CT molecular complexity index is 1110. The van der Waals surface area contributed by atoms with Gasteiger partial charge in [-0.3, -0.25) is 9.59 Å². The lowest BCUT2D eigenvalue weighted by Crippen LogP contribution is -2.22. The van der Waals surface area contributed by atoms with Gasteiger partial charge in [0.25, 0.3) is 5.91 Å². The molecule has 0 radical (unpaired) electrons. The smallest absolute Gasteiger partial charge is 0.325 e. The van der Waals surface area contributed by atoms with Crippen LogP contribution in [-0.4, -0.2) is 43.8 Å². The quantitative estimate of drug-likeness (QED) is 0.540. The fourth-order valence-electron chi connectivity index (χ4n) is 3.17. The average Bonchev–Trinajstić information content (AvgIpc) is 3.10. The Hall–Kier alpha value is -3.13. The second kappa shape index (κ2) is 9.58. The molecule has 3 rings (SSSR count). The molecule has 0 aliphatic heterocycles. The normalized spacial score (nSPS) is 11.5. The molecule has 0 bridgehead atoms. The van der Waals surface area contributed by atoms with Crippen LogP contribution in [0, 0.1) is 0 Å². The van der Waals surface area contributed by atoms with Crippen molar-refractivity contribution in [2.75, 3.05) is 32.2 Å². The van der Waals surface area contributed by atoms with Gasteiger partial charge in [0.2, 0.25) is 0 Å². The number of carbonyl (C=O) groups is 2. The summed E-state index contributed by atoms with van der Waals surface area (Å²) in [6, 6.07) is 12.9. The zero-order valence-corrected chi connectivity index (χ0v) is 18.4. The first-order valence-corrected chi connectivity index (χ1v) is 10.5. The van der Waals surface area contributed by atoms with Gasteiger partial charge in [-0.25, -0.2) is 0 Å². The summed E-state index contributed by atoms with van der Waals surface area (Å²) in [5.41, 5.74) is 2.34. The molecule has 0 N–H and O–H groups in total. The molecule has 0 unspecified atom stereocenters. The number of thiazole rings is 1. The summed E-state index contributed by atoms with van der Waals surface area (Å²) >= 11 is 1.32. The van der Waals surface area contributed by atoms with Crippen LogP contribution in [0.4, 0.5) is 5.69 Å². The zero-order valence-electron chi connectivity index (χ0n) is 17.5. The Balaban J connectivity index is 2.02. The maximum atomic E-state index is 12.8. The SMILES string of the molecule is CCN(CC)c1ccc(C(=O)N=c2sc3cc(OC)ccc3n2CC(=O)OC)cc1. The molecule has 1 aromatic heterocycles. The standard InChI is InChI=1S/C22H25N3O4S/c1-5-24(6-2)16-9-7-15(8-10-16)21(27)23-22-25(14-20(26)29-4)18-12-11-17(28-3)13-19(18)30-22/h7-13H,5-6,14H2,1-4H3. The van der Waals surface area contributed by atoms with Crippen molar-refractivity contribution < 1.29 is 19.1 Å². The molecule has 0 saturated heterocycles. The minimum Gasteiger partial charge on any atom is -0.497 e. The van der Waals surface area contributed by atoms with Crippen molar-refractivity contribution in [1.29, 1.82) is 0 Å². The third-order valence-electron chi connectivity index (χ3n) is 4.84. The van der Waals surface area contributed by atoms with Crippen LogP contribution in [0.2, 0.25) is 0 Å². The summed E-state index contributed by atoms with van der Waals surface area (Å²) in [6.07, 6.45) is 0. The van der Waals surface area contributed by atoms with Gasteiger partial charge in [0.05, 0.1) is 24.4 Å². The van der Waals surface area contributed by atoms with Crippen molar-refractivity contribution in [3.63, 3.8) is 0 Å². The maximum Gasteiger partial charge on any atom is 0.325 e. The number of methoxy groups -OCH3 is 2. The lowest BCUT2D eigenvalue weighted by Gasteiger charge is -2.20. The van der Waals surface area contributed by atoms with Gasteiger partial charge >= 0.3 is 5.97 Å². The fourth-order valence-corrected chi connectivity index (χ4v) is 4.22. The van der Waals surface area contributed by atoms with E-state index in [1.54, 1.807) is 29.9 Å². The average molecular weight is 428 g/mol. The summed E-state index contributed by atoms with van der Waals surface area (Å²) < 4.78 is 12.6. The van der Waals surface area contributed by atoms with E-state index in [0.29, 0.717) is 16.1 Å². The molecule has 8 heteroatoms. The number of amides is 1. The largest absolute Gasteiger partial charge is 0.497 e. The third kappa shape index (κ3) is 4.54. The lowest BCUT2D eigenvalue weighted by molar-refractivity contribution is -0.141. The minimum absolute atomic E-state index is 0.0319. The molecule has 0 saturated carbocycles. The molecule has 2 aromatic carbocycles. The van der Waals surface area contributed by atoms with Gasteiger partial charge in [-0.15, -0.1) is 0 Å². The Labute approximate surface area is 179 Å². The van der Waals surface area contributed by atoms with E-state index >= 15 is 0 Å². The Kier molecular flexibility index (Phi) is 6.89. The number of aromatic nitrogens is 1. The first-order chi connectivity index (χ1) is 14.5. The Morgan fingerprint density at radius 2 is 1.77 bits per heavy atom. The molecule has 158 valence electrons. The van der Waals surface area contributed by atoms with E-state index in [9.17, 15) is 9.59 Å². The van der Waals surface area contributed by atoms with E-state index in [1.165, 1.54) is 18.4 Å². The molecule has 0 fully saturated rings. The number of fused-ring (bicyclic) bond motifs is 1. The van der Waals surface area contributed by atoms with Crippen LogP contribution in [0.25, 0.3) is 10.2 Å². The highest BCUT2D eigenvalue weighted by Crippen LogP contribution is 2.23. The molecule has 0 aliphatic rings. The highest BCUT2D eigenvalue weighted by molar-refractivity contribution is 7.16. The summed E-state index contributed by atoms with van der Waals surface area (Å²) in [5.74, 6) is -0.0833.